The minimum Gasteiger partial charge on any atom is -0.508 e. The number of nitro benzene ring substituents is 1. The highest BCUT2D eigenvalue weighted by Gasteiger charge is 2.16. The van der Waals surface area contributed by atoms with E-state index >= 15 is 0 Å². The van der Waals surface area contributed by atoms with Crippen molar-refractivity contribution in [2.24, 2.45) is 0 Å². The average molecular weight is 302 g/mol. The van der Waals surface area contributed by atoms with Crippen LogP contribution in [0.5, 0.6) is 11.5 Å². The van der Waals surface area contributed by atoms with Gasteiger partial charge in [-0.2, -0.15) is 0 Å². The number of carbonyl (C=O) groups excluding carboxylic acids is 1. The maximum Gasteiger partial charge on any atom is 0.296 e. The molecule has 0 atom stereocenters. The monoisotopic (exact) mass is 302 g/mol. The highest BCUT2D eigenvalue weighted by Crippen LogP contribution is 2.28. The maximum absolute atomic E-state index is 11.8. The molecule has 2 aromatic rings. The normalized spacial score (nSPS) is 10.0. The molecular formula is C15H14N2O5. The molecule has 2 aromatic carbocycles. The summed E-state index contributed by atoms with van der Waals surface area (Å²) in [5.74, 6) is -0.244. The summed E-state index contributed by atoms with van der Waals surface area (Å²) in [6, 6.07) is 10.7. The van der Waals surface area contributed by atoms with Crippen LogP contribution in [-0.4, -0.2) is 22.5 Å². The number of aryl methyl sites for hydroxylation is 1. The van der Waals surface area contributed by atoms with Crippen LogP contribution in [0.4, 0.5) is 11.4 Å². The summed E-state index contributed by atoms with van der Waals surface area (Å²) < 4.78 is 5.31. The highest BCUT2D eigenvalue weighted by atomic mass is 16.6. The summed E-state index contributed by atoms with van der Waals surface area (Å²) in [7, 11) is 0. The Kier molecular flexibility index (Phi) is 4.57. The number of aromatic hydroxyl groups is 1. The fourth-order valence-electron chi connectivity index (χ4n) is 1.82. The van der Waals surface area contributed by atoms with Crippen molar-refractivity contribution in [2.75, 3.05) is 11.9 Å². The molecule has 0 aliphatic carbocycles. The lowest BCUT2D eigenvalue weighted by molar-refractivity contribution is -0.384. The number of phenols is 1. The van der Waals surface area contributed by atoms with Crippen LogP contribution in [0.15, 0.2) is 42.5 Å². The Balaban J connectivity index is 2.02. The van der Waals surface area contributed by atoms with Gasteiger partial charge in [-0.25, -0.2) is 0 Å². The molecule has 0 aliphatic rings. The zero-order chi connectivity index (χ0) is 16.1. The standard InChI is InChI=1S/C15H14N2O5/c1-10-3-2-4-12(7-10)22-9-15(19)16-13-6-5-11(18)8-14(13)17(20)21/h2-8,18H,9H2,1H3,(H,16,19). The van der Waals surface area contributed by atoms with Crippen molar-refractivity contribution in [3.63, 3.8) is 0 Å². The molecule has 22 heavy (non-hydrogen) atoms. The smallest absolute Gasteiger partial charge is 0.296 e. The number of nitro groups is 1. The lowest BCUT2D eigenvalue weighted by Gasteiger charge is -2.08. The van der Waals surface area contributed by atoms with E-state index in [-0.39, 0.29) is 23.7 Å². The van der Waals surface area contributed by atoms with E-state index in [2.05, 4.69) is 5.32 Å². The molecule has 7 heteroatoms. The van der Waals surface area contributed by atoms with Gasteiger partial charge in [0.1, 0.15) is 17.2 Å². The Labute approximate surface area is 126 Å². The third kappa shape index (κ3) is 3.95. The van der Waals surface area contributed by atoms with Gasteiger partial charge < -0.3 is 15.2 Å². The van der Waals surface area contributed by atoms with Gasteiger partial charge in [0.15, 0.2) is 6.61 Å². The van der Waals surface area contributed by atoms with Gasteiger partial charge in [0.2, 0.25) is 0 Å². The van der Waals surface area contributed by atoms with E-state index in [1.807, 2.05) is 13.0 Å². The van der Waals surface area contributed by atoms with Gasteiger partial charge in [0.25, 0.3) is 11.6 Å². The van der Waals surface area contributed by atoms with Crippen molar-refractivity contribution in [1.29, 1.82) is 0 Å². The van der Waals surface area contributed by atoms with E-state index in [0.29, 0.717) is 5.75 Å². The van der Waals surface area contributed by atoms with Gasteiger partial charge >= 0.3 is 0 Å². The summed E-state index contributed by atoms with van der Waals surface area (Å²) in [5.41, 5.74) is 0.608. The second-order valence-corrected chi connectivity index (χ2v) is 4.61. The number of nitrogens with one attached hydrogen (secondary N) is 1. The molecule has 0 fully saturated rings. The molecule has 2 rings (SSSR count). The van der Waals surface area contributed by atoms with Crippen LogP contribution >= 0.6 is 0 Å². The Morgan fingerprint density at radius 2 is 2.09 bits per heavy atom. The van der Waals surface area contributed by atoms with Crippen LogP contribution in [0.25, 0.3) is 0 Å². The lowest BCUT2D eigenvalue weighted by Crippen LogP contribution is -2.20. The van der Waals surface area contributed by atoms with Crippen molar-refractivity contribution in [3.05, 3.63) is 58.1 Å². The number of phenolic OH excluding ortho intramolecular Hbond substituents is 1. The van der Waals surface area contributed by atoms with Crippen LogP contribution in [-0.2, 0) is 4.79 Å². The number of carbonyl (C=O) groups is 1. The van der Waals surface area contributed by atoms with Crippen LogP contribution in [0, 0.1) is 17.0 Å². The number of rotatable bonds is 5. The molecule has 0 saturated heterocycles. The number of benzene rings is 2. The second kappa shape index (κ2) is 6.57. The van der Waals surface area contributed by atoms with Crippen molar-refractivity contribution in [2.45, 2.75) is 6.92 Å². The third-order valence-corrected chi connectivity index (χ3v) is 2.81. The molecule has 0 heterocycles. The van der Waals surface area contributed by atoms with Crippen molar-refractivity contribution < 1.29 is 19.6 Å². The number of hydrogen-bond donors (Lipinski definition) is 2. The van der Waals surface area contributed by atoms with Gasteiger partial charge in [-0.1, -0.05) is 12.1 Å². The molecule has 7 nitrogen and oxygen atoms in total. The number of nitrogens with zero attached hydrogens (tertiary/aromatic N) is 1. The number of hydrogen-bond acceptors (Lipinski definition) is 5. The van der Waals surface area contributed by atoms with Crippen molar-refractivity contribution in [1.82, 2.24) is 0 Å². The summed E-state index contributed by atoms with van der Waals surface area (Å²) >= 11 is 0. The zero-order valence-electron chi connectivity index (χ0n) is 11.8. The Bertz CT molecular complexity index is 715. The molecular weight excluding hydrogens is 288 g/mol. The van der Waals surface area contributed by atoms with E-state index < -0.39 is 10.8 Å². The van der Waals surface area contributed by atoms with E-state index in [1.54, 1.807) is 18.2 Å². The van der Waals surface area contributed by atoms with Crippen LogP contribution < -0.4 is 10.1 Å². The maximum atomic E-state index is 11.8. The van der Waals surface area contributed by atoms with Crippen molar-refractivity contribution in [3.8, 4) is 11.5 Å². The van der Waals surface area contributed by atoms with Gasteiger partial charge in [-0.05, 0) is 36.8 Å². The fraction of sp³-hybridized carbons (Fsp3) is 0.133. The quantitative estimate of drug-likeness (QED) is 0.502. The third-order valence-electron chi connectivity index (χ3n) is 2.81. The van der Waals surface area contributed by atoms with E-state index in [9.17, 15) is 20.0 Å². The SMILES string of the molecule is Cc1cccc(OCC(=O)Nc2ccc(O)cc2[N+](=O)[O-])c1. The first-order valence-corrected chi connectivity index (χ1v) is 6.42. The summed E-state index contributed by atoms with van der Waals surface area (Å²) in [6.45, 7) is 1.62. The molecule has 0 radical (unpaired) electrons. The second-order valence-electron chi connectivity index (χ2n) is 4.61. The molecule has 0 unspecified atom stereocenters. The van der Waals surface area contributed by atoms with Crippen molar-refractivity contribution >= 4 is 17.3 Å². The Morgan fingerprint density at radius 3 is 2.77 bits per heavy atom. The van der Waals surface area contributed by atoms with Gasteiger partial charge in [0, 0.05) is 0 Å². The first kappa shape index (κ1) is 15.3. The molecule has 0 bridgehead atoms. The molecule has 0 saturated carbocycles. The van der Waals surface area contributed by atoms with Crippen LogP contribution in [0.2, 0.25) is 0 Å². The molecule has 0 aromatic heterocycles. The fourth-order valence-corrected chi connectivity index (χ4v) is 1.82. The molecule has 0 aliphatic heterocycles. The van der Waals surface area contributed by atoms with Gasteiger partial charge in [0.05, 0.1) is 11.0 Å². The largest absolute Gasteiger partial charge is 0.508 e. The Morgan fingerprint density at radius 1 is 1.32 bits per heavy atom. The lowest BCUT2D eigenvalue weighted by atomic mass is 10.2. The molecule has 114 valence electrons. The first-order valence-electron chi connectivity index (χ1n) is 6.42. The summed E-state index contributed by atoms with van der Waals surface area (Å²) in [6.07, 6.45) is 0. The van der Waals surface area contributed by atoms with Crippen LogP contribution in [0.3, 0.4) is 0 Å². The number of amides is 1. The summed E-state index contributed by atoms with van der Waals surface area (Å²) in [4.78, 5) is 22.0. The minimum atomic E-state index is -0.684. The molecule has 1 amide bonds. The zero-order valence-corrected chi connectivity index (χ0v) is 11.8. The predicted octanol–water partition coefficient (Wildman–Crippen LogP) is 2.63. The number of anilines is 1. The topological polar surface area (TPSA) is 102 Å². The van der Waals surface area contributed by atoms with E-state index in [4.69, 9.17) is 4.74 Å². The number of ether oxygens (including phenoxy) is 1. The van der Waals surface area contributed by atoms with E-state index in [1.165, 1.54) is 12.1 Å². The minimum absolute atomic E-state index is 0.000595. The molecule has 2 N–H and O–H groups in total. The predicted molar refractivity (Wildman–Crippen MR) is 80.1 cm³/mol. The molecule has 0 spiro atoms. The summed E-state index contributed by atoms with van der Waals surface area (Å²) in [5, 5.41) is 22.5. The van der Waals surface area contributed by atoms with Gasteiger partial charge in [-0.3, -0.25) is 14.9 Å². The highest BCUT2D eigenvalue weighted by molar-refractivity contribution is 5.94. The Hall–Kier alpha value is -3.09. The average Bonchev–Trinajstić information content (AvgIpc) is 2.47. The first-order chi connectivity index (χ1) is 10.5. The van der Waals surface area contributed by atoms with E-state index in [0.717, 1.165) is 11.6 Å². The van der Waals surface area contributed by atoms with Crippen LogP contribution in [0.1, 0.15) is 5.56 Å². The van der Waals surface area contributed by atoms with Gasteiger partial charge in [-0.15, -0.1) is 0 Å².